The third-order valence-corrected chi connectivity index (χ3v) is 2.58. The predicted octanol–water partition coefficient (Wildman–Crippen LogP) is -2.41. The summed E-state index contributed by atoms with van der Waals surface area (Å²) in [5.41, 5.74) is 0.413. The molecule has 0 radical (unpaired) electrons. The van der Waals surface area contributed by atoms with Crippen molar-refractivity contribution < 1.29 is 30.6 Å². The van der Waals surface area contributed by atoms with Crippen molar-refractivity contribution in [2.75, 3.05) is 13.2 Å². The van der Waals surface area contributed by atoms with Crippen molar-refractivity contribution in [1.82, 2.24) is 9.97 Å². The number of hydrogen-bond acceptors (Lipinski definition) is 8. The van der Waals surface area contributed by atoms with Crippen molar-refractivity contribution in [2.24, 2.45) is 0 Å². The fraction of sp³-hybridized carbons (Fsp3) is 0.500. The van der Waals surface area contributed by atoms with Gasteiger partial charge in [0, 0.05) is 0 Å². The van der Waals surface area contributed by atoms with Gasteiger partial charge in [-0.1, -0.05) is 6.08 Å². The molecule has 1 aromatic heterocycles. The molecule has 0 aliphatic carbocycles. The number of aromatic nitrogens is 2. The second-order valence-corrected chi connectivity index (χ2v) is 4.16. The third-order valence-electron chi connectivity index (χ3n) is 2.58. The van der Waals surface area contributed by atoms with Crippen LogP contribution < -0.4 is 0 Å². The van der Waals surface area contributed by atoms with E-state index in [0.717, 1.165) is 0 Å². The summed E-state index contributed by atoms with van der Waals surface area (Å²) in [5, 5.41) is 54.9. The second kappa shape index (κ2) is 8.00. The van der Waals surface area contributed by atoms with Gasteiger partial charge in [-0.15, -0.1) is 0 Å². The molecule has 4 unspecified atom stereocenters. The molecule has 1 aromatic rings. The molecule has 112 valence electrons. The summed E-state index contributed by atoms with van der Waals surface area (Å²) in [6.07, 6.45) is -0.291. The van der Waals surface area contributed by atoms with E-state index in [-0.39, 0.29) is 5.69 Å². The van der Waals surface area contributed by atoms with Crippen LogP contribution in [-0.2, 0) is 0 Å². The normalized spacial score (nSPS) is 17.9. The molecule has 0 saturated carbocycles. The van der Waals surface area contributed by atoms with Crippen molar-refractivity contribution in [3.05, 3.63) is 29.9 Å². The molecule has 0 spiro atoms. The van der Waals surface area contributed by atoms with Crippen LogP contribution in [0.4, 0.5) is 0 Å². The van der Waals surface area contributed by atoms with Crippen molar-refractivity contribution in [2.45, 2.75) is 24.4 Å². The Morgan fingerprint density at radius 3 is 2.20 bits per heavy atom. The van der Waals surface area contributed by atoms with Crippen LogP contribution in [0.25, 0.3) is 6.08 Å². The highest BCUT2D eigenvalue weighted by Gasteiger charge is 2.26. The number of hydrogen-bond donors (Lipinski definition) is 6. The fourth-order valence-electron chi connectivity index (χ4n) is 1.35. The van der Waals surface area contributed by atoms with Gasteiger partial charge >= 0.3 is 0 Å². The highest BCUT2D eigenvalue weighted by atomic mass is 16.4. The number of aliphatic hydroxyl groups excluding tert-OH is 6. The molecular weight excluding hydrogens is 268 g/mol. The van der Waals surface area contributed by atoms with E-state index >= 15 is 0 Å². The van der Waals surface area contributed by atoms with Crippen LogP contribution in [0.1, 0.15) is 17.5 Å². The van der Waals surface area contributed by atoms with E-state index in [1.165, 1.54) is 24.5 Å². The van der Waals surface area contributed by atoms with E-state index in [1.807, 2.05) is 0 Å². The molecule has 0 saturated heterocycles. The van der Waals surface area contributed by atoms with Crippen molar-refractivity contribution in [3.63, 3.8) is 0 Å². The smallest absolute Gasteiger partial charge is 0.126 e. The van der Waals surface area contributed by atoms with Gasteiger partial charge in [0.1, 0.15) is 18.3 Å². The van der Waals surface area contributed by atoms with Crippen LogP contribution in [0.3, 0.4) is 0 Å². The Bertz CT molecular complexity index is 424. The largest absolute Gasteiger partial charge is 0.394 e. The summed E-state index contributed by atoms with van der Waals surface area (Å²) >= 11 is 0. The summed E-state index contributed by atoms with van der Waals surface area (Å²) in [4.78, 5) is 7.78. The molecule has 0 fully saturated rings. The predicted molar refractivity (Wildman–Crippen MR) is 68.2 cm³/mol. The van der Waals surface area contributed by atoms with Gasteiger partial charge < -0.3 is 30.6 Å². The maximum absolute atomic E-state index is 9.72. The minimum atomic E-state index is -1.58. The molecule has 8 nitrogen and oxygen atoms in total. The molecular formula is C12H18N2O6. The highest BCUT2D eigenvalue weighted by Crippen LogP contribution is 2.16. The topological polar surface area (TPSA) is 147 Å². The summed E-state index contributed by atoms with van der Waals surface area (Å²) in [7, 11) is 0. The third kappa shape index (κ3) is 4.60. The van der Waals surface area contributed by atoms with Crippen LogP contribution in [0.5, 0.6) is 0 Å². The lowest BCUT2D eigenvalue weighted by molar-refractivity contribution is -0.0790. The van der Waals surface area contributed by atoms with Gasteiger partial charge in [0.2, 0.25) is 0 Å². The first-order valence-corrected chi connectivity index (χ1v) is 5.93. The fourth-order valence-corrected chi connectivity index (χ4v) is 1.35. The zero-order valence-electron chi connectivity index (χ0n) is 10.6. The minimum absolute atomic E-state index is 0.0323. The van der Waals surface area contributed by atoms with Gasteiger partial charge in [0.25, 0.3) is 0 Å². The Hall–Kier alpha value is -1.42. The Kier molecular flexibility index (Phi) is 6.65. The maximum atomic E-state index is 9.72. The Morgan fingerprint density at radius 1 is 1.00 bits per heavy atom. The monoisotopic (exact) mass is 286 g/mol. The molecule has 1 rings (SSSR count). The zero-order chi connectivity index (χ0) is 15.1. The van der Waals surface area contributed by atoms with Crippen LogP contribution in [0, 0.1) is 0 Å². The van der Waals surface area contributed by atoms with Gasteiger partial charge in [0.05, 0.1) is 43.1 Å². The van der Waals surface area contributed by atoms with Crippen molar-refractivity contribution in [1.29, 1.82) is 0 Å². The lowest BCUT2D eigenvalue weighted by Gasteiger charge is -2.20. The molecule has 20 heavy (non-hydrogen) atoms. The van der Waals surface area contributed by atoms with Crippen LogP contribution in [0.2, 0.25) is 0 Å². The molecule has 0 aliphatic heterocycles. The first-order valence-electron chi connectivity index (χ1n) is 5.93. The molecule has 6 N–H and O–H groups in total. The summed E-state index contributed by atoms with van der Waals surface area (Å²) < 4.78 is 0. The number of aliphatic hydroxyl groups is 6. The number of nitrogens with zero attached hydrogens (tertiary/aromatic N) is 2. The van der Waals surface area contributed by atoms with Crippen LogP contribution in [-0.4, -0.2) is 72.1 Å². The molecule has 8 heteroatoms. The van der Waals surface area contributed by atoms with Gasteiger partial charge in [-0.2, -0.15) is 0 Å². The zero-order valence-corrected chi connectivity index (χ0v) is 10.6. The van der Waals surface area contributed by atoms with E-state index in [0.29, 0.717) is 5.69 Å². The standard InChI is InChI=1S/C12H18N2O6/c15-5-8(17)2-1-7-3-14-9(4-13-7)11(19)12(20)10(18)6-16/h1-4,8,10-12,15-20H,5-6H2/b2-1+. The Balaban J connectivity index is 2.73. The van der Waals surface area contributed by atoms with Crippen LogP contribution >= 0.6 is 0 Å². The summed E-state index contributed by atoms with van der Waals surface area (Å²) in [5.74, 6) is 0. The van der Waals surface area contributed by atoms with E-state index in [2.05, 4.69) is 9.97 Å². The molecule has 4 atom stereocenters. The average Bonchev–Trinajstić information content (AvgIpc) is 2.50. The SMILES string of the molecule is OCC(O)/C=C/c1cnc(C(O)C(O)C(O)CO)cn1. The quantitative estimate of drug-likeness (QED) is 0.325. The average molecular weight is 286 g/mol. The first-order chi connectivity index (χ1) is 9.49. The van der Waals surface area contributed by atoms with Gasteiger partial charge in [0.15, 0.2) is 0 Å². The second-order valence-electron chi connectivity index (χ2n) is 4.16. The van der Waals surface area contributed by atoms with Gasteiger partial charge in [-0.3, -0.25) is 9.97 Å². The molecule has 0 aromatic carbocycles. The van der Waals surface area contributed by atoms with Gasteiger partial charge in [-0.05, 0) is 6.08 Å². The van der Waals surface area contributed by atoms with Crippen molar-refractivity contribution in [3.8, 4) is 0 Å². The molecule has 0 amide bonds. The minimum Gasteiger partial charge on any atom is -0.394 e. The van der Waals surface area contributed by atoms with E-state index in [9.17, 15) is 15.3 Å². The summed E-state index contributed by atoms with van der Waals surface area (Å²) in [6, 6.07) is 0. The van der Waals surface area contributed by atoms with E-state index in [4.69, 9.17) is 15.3 Å². The van der Waals surface area contributed by atoms with Crippen molar-refractivity contribution >= 4 is 6.08 Å². The Labute approximate surface area is 115 Å². The van der Waals surface area contributed by atoms with Gasteiger partial charge in [-0.25, -0.2) is 0 Å². The maximum Gasteiger partial charge on any atom is 0.126 e. The van der Waals surface area contributed by atoms with E-state index in [1.54, 1.807) is 0 Å². The van der Waals surface area contributed by atoms with Crippen LogP contribution in [0.15, 0.2) is 18.5 Å². The lowest BCUT2D eigenvalue weighted by Crippen LogP contribution is -2.35. The first kappa shape index (κ1) is 16.6. The molecule has 0 aliphatic rings. The van der Waals surface area contributed by atoms with E-state index < -0.39 is 37.6 Å². The molecule has 1 heterocycles. The lowest BCUT2D eigenvalue weighted by atomic mass is 10.1. The Morgan fingerprint density at radius 2 is 1.70 bits per heavy atom. The highest BCUT2D eigenvalue weighted by molar-refractivity contribution is 5.43. The molecule has 0 bridgehead atoms. The number of rotatable bonds is 7. The summed E-state index contributed by atoms with van der Waals surface area (Å²) in [6.45, 7) is -1.10.